The van der Waals surface area contributed by atoms with Gasteiger partial charge in [0.1, 0.15) is 0 Å². The fraction of sp³-hybridized carbons (Fsp3) is 0.350. The zero-order valence-corrected chi connectivity index (χ0v) is 15.4. The van der Waals surface area contributed by atoms with Crippen LogP contribution < -0.4 is 15.8 Å². The van der Waals surface area contributed by atoms with Gasteiger partial charge in [-0.1, -0.05) is 32.0 Å². The van der Waals surface area contributed by atoms with E-state index >= 15 is 0 Å². The van der Waals surface area contributed by atoms with Crippen LogP contribution in [0.1, 0.15) is 48.7 Å². The van der Waals surface area contributed by atoms with Gasteiger partial charge in [-0.15, -0.1) is 0 Å². The number of nitrogens with zero attached hydrogens (tertiary/aromatic N) is 1. The van der Waals surface area contributed by atoms with Gasteiger partial charge >= 0.3 is 5.91 Å². The molecule has 1 aliphatic rings. The Morgan fingerprint density at radius 3 is 2.70 bits per heavy atom. The summed E-state index contributed by atoms with van der Waals surface area (Å²) in [6, 6.07) is 10.9. The molecule has 27 heavy (non-hydrogen) atoms. The highest BCUT2D eigenvalue weighted by Crippen LogP contribution is 2.33. The molecule has 7 nitrogen and oxygen atoms in total. The van der Waals surface area contributed by atoms with E-state index in [2.05, 4.69) is 24.7 Å². The van der Waals surface area contributed by atoms with Crippen molar-refractivity contribution in [2.75, 3.05) is 11.4 Å². The number of benzene rings is 1. The molecule has 1 aliphatic heterocycles. The van der Waals surface area contributed by atoms with E-state index in [9.17, 15) is 14.4 Å². The summed E-state index contributed by atoms with van der Waals surface area (Å²) in [5.41, 5.74) is 6.64. The van der Waals surface area contributed by atoms with Crippen LogP contribution in [0.3, 0.4) is 0 Å². The molecule has 1 aromatic heterocycles. The van der Waals surface area contributed by atoms with Gasteiger partial charge in [-0.05, 0) is 36.1 Å². The van der Waals surface area contributed by atoms with Crippen LogP contribution in [0.15, 0.2) is 47.1 Å². The van der Waals surface area contributed by atoms with Crippen molar-refractivity contribution in [3.05, 3.63) is 54.0 Å². The molecule has 2 atom stereocenters. The first-order valence-electron chi connectivity index (χ1n) is 9.04. The van der Waals surface area contributed by atoms with E-state index in [4.69, 9.17) is 4.42 Å². The van der Waals surface area contributed by atoms with Gasteiger partial charge in [0.05, 0.1) is 12.2 Å². The number of hydrogen-bond donors (Lipinski definition) is 2. The lowest BCUT2D eigenvalue weighted by atomic mass is 9.96. The summed E-state index contributed by atoms with van der Waals surface area (Å²) in [6.07, 6.45) is 2.44. The summed E-state index contributed by atoms with van der Waals surface area (Å²) in [5.74, 6) is -1.15. The monoisotopic (exact) mass is 369 g/mol. The van der Waals surface area contributed by atoms with Gasteiger partial charge in [-0.3, -0.25) is 25.2 Å². The number of nitrogens with one attached hydrogen (secondary N) is 2. The minimum Gasteiger partial charge on any atom is -0.459 e. The minimum absolute atomic E-state index is 0.0942. The maximum Gasteiger partial charge on any atom is 0.305 e. The van der Waals surface area contributed by atoms with E-state index in [0.717, 1.165) is 17.7 Å². The number of anilines is 1. The zero-order chi connectivity index (χ0) is 19.4. The number of hydrazine groups is 1. The predicted octanol–water partition coefficient (Wildman–Crippen LogP) is 2.61. The molecule has 0 spiro atoms. The Bertz CT molecular complexity index is 832. The lowest BCUT2D eigenvalue weighted by Crippen LogP contribution is -2.45. The third kappa shape index (κ3) is 4.02. The number of amides is 3. The molecular formula is C20H23N3O4. The standard InChI is InChI=1S/C20H23N3O4/c1-3-13(2)15-7-4-5-8-16(15)23-12-14(11-18(23)24)19(25)21-22-20(26)17-9-6-10-27-17/h4-10,13-14H,3,11-12H2,1-2H3,(H,21,25)(H,22,26)/t13-,14-/m1/s1. The fourth-order valence-electron chi connectivity index (χ4n) is 3.18. The van der Waals surface area contributed by atoms with E-state index in [-0.39, 0.29) is 24.6 Å². The number of furan rings is 1. The number of para-hydroxylation sites is 1. The highest BCUT2D eigenvalue weighted by molar-refractivity contribution is 6.01. The average Bonchev–Trinajstić information content (AvgIpc) is 3.35. The quantitative estimate of drug-likeness (QED) is 0.793. The van der Waals surface area contributed by atoms with Crippen LogP contribution >= 0.6 is 0 Å². The Kier molecular flexibility index (Phi) is 5.59. The molecule has 2 N–H and O–H groups in total. The molecule has 0 radical (unpaired) electrons. The van der Waals surface area contributed by atoms with Gasteiger partial charge in [0.15, 0.2) is 5.76 Å². The molecule has 0 bridgehead atoms. The molecule has 3 amide bonds. The van der Waals surface area contributed by atoms with Gasteiger partial charge < -0.3 is 9.32 Å². The zero-order valence-electron chi connectivity index (χ0n) is 15.4. The Morgan fingerprint density at radius 2 is 2.00 bits per heavy atom. The van der Waals surface area contributed by atoms with Gasteiger partial charge in [-0.25, -0.2) is 0 Å². The molecule has 1 aromatic carbocycles. The first-order valence-corrected chi connectivity index (χ1v) is 9.04. The molecule has 2 heterocycles. The highest BCUT2D eigenvalue weighted by Gasteiger charge is 2.36. The van der Waals surface area contributed by atoms with E-state index in [1.165, 1.54) is 12.3 Å². The molecule has 1 saturated heterocycles. The summed E-state index contributed by atoms with van der Waals surface area (Å²) in [7, 11) is 0. The van der Waals surface area contributed by atoms with Crippen molar-refractivity contribution in [1.29, 1.82) is 0 Å². The number of carbonyl (C=O) groups excluding carboxylic acids is 3. The Balaban J connectivity index is 1.65. The Morgan fingerprint density at radius 1 is 1.22 bits per heavy atom. The highest BCUT2D eigenvalue weighted by atomic mass is 16.3. The Labute approximate surface area is 157 Å². The lowest BCUT2D eigenvalue weighted by Gasteiger charge is -2.23. The van der Waals surface area contributed by atoms with Gasteiger partial charge in [0.25, 0.3) is 0 Å². The normalized spacial score (nSPS) is 17.6. The van der Waals surface area contributed by atoms with Crippen molar-refractivity contribution in [1.82, 2.24) is 10.9 Å². The van der Waals surface area contributed by atoms with Crippen molar-refractivity contribution in [2.45, 2.75) is 32.6 Å². The van der Waals surface area contributed by atoms with Gasteiger partial charge in [-0.2, -0.15) is 0 Å². The SMILES string of the molecule is CC[C@@H](C)c1ccccc1N1C[C@H](C(=O)NNC(=O)c2ccco2)CC1=O. The molecule has 3 rings (SSSR count). The van der Waals surface area contributed by atoms with Crippen LogP contribution in [0.4, 0.5) is 5.69 Å². The topological polar surface area (TPSA) is 91.7 Å². The first kappa shape index (κ1) is 18.7. The maximum absolute atomic E-state index is 12.5. The van der Waals surface area contributed by atoms with Crippen LogP contribution in [0.25, 0.3) is 0 Å². The maximum atomic E-state index is 12.5. The Hall–Kier alpha value is -3.09. The molecule has 1 fully saturated rings. The van der Waals surface area contributed by atoms with E-state index in [1.54, 1.807) is 11.0 Å². The number of hydrogen-bond acceptors (Lipinski definition) is 4. The second kappa shape index (κ2) is 8.07. The predicted molar refractivity (Wildman–Crippen MR) is 99.9 cm³/mol. The summed E-state index contributed by atoms with van der Waals surface area (Å²) in [5, 5.41) is 0. The van der Waals surface area contributed by atoms with E-state index < -0.39 is 17.7 Å². The minimum atomic E-state index is -0.545. The van der Waals surface area contributed by atoms with Crippen LogP contribution in [-0.4, -0.2) is 24.3 Å². The van der Waals surface area contributed by atoms with Crippen LogP contribution in [0, 0.1) is 5.92 Å². The third-order valence-corrected chi connectivity index (χ3v) is 4.91. The first-order chi connectivity index (χ1) is 13.0. The second-order valence-electron chi connectivity index (χ2n) is 6.69. The summed E-state index contributed by atoms with van der Waals surface area (Å²) < 4.78 is 4.97. The molecule has 0 unspecified atom stereocenters. The fourth-order valence-corrected chi connectivity index (χ4v) is 3.18. The average molecular weight is 369 g/mol. The molecule has 142 valence electrons. The van der Waals surface area contributed by atoms with Crippen molar-refractivity contribution in [2.24, 2.45) is 5.92 Å². The number of rotatable bonds is 5. The van der Waals surface area contributed by atoms with Crippen molar-refractivity contribution >= 4 is 23.4 Å². The number of carbonyl (C=O) groups is 3. The van der Waals surface area contributed by atoms with Crippen molar-refractivity contribution < 1.29 is 18.8 Å². The van der Waals surface area contributed by atoms with Crippen LogP contribution in [0.2, 0.25) is 0 Å². The van der Waals surface area contributed by atoms with Crippen molar-refractivity contribution in [3.63, 3.8) is 0 Å². The summed E-state index contributed by atoms with van der Waals surface area (Å²) >= 11 is 0. The van der Waals surface area contributed by atoms with Gasteiger partial charge in [0.2, 0.25) is 11.8 Å². The van der Waals surface area contributed by atoms with E-state index in [1.807, 2.05) is 24.3 Å². The molecular weight excluding hydrogens is 346 g/mol. The molecule has 2 aromatic rings. The third-order valence-electron chi connectivity index (χ3n) is 4.91. The summed E-state index contributed by atoms with van der Waals surface area (Å²) in [6.45, 7) is 4.51. The largest absolute Gasteiger partial charge is 0.459 e. The smallest absolute Gasteiger partial charge is 0.305 e. The second-order valence-corrected chi connectivity index (χ2v) is 6.69. The molecule has 0 saturated carbocycles. The summed E-state index contributed by atoms with van der Waals surface area (Å²) in [4.78, 5) is 38.4. The van der Waals surface area contributed by atoms with Crippen molar-refractivity contribution in [3.8, 4) is 0 Å². The van der Waals surface area contributed by atoms with Crippen LogP contribution in [0.5, 0.6) is 0 Å². The molecule has 0 aliphatic carbocycles. The van der Waals surface area contributed by atoms with E-state index in [0.29, 0.717) is 5.92 Å². The lowest BCUT2D eigenvalue weighted by molar-refractivity contribution is -0.126. The van der Waals surface area contributed by atoms with Gasteiger partial charge in [0, 0.05) is 18.7 Å². The molecule has 7 heteroatoms. The van der Waals surface area contributed by atoms with Crippen LogP contribution in [-0.2, 0) is 9.59 Å².